The molecule has 2 aliphatic rings. The first-order chi connectivity index (χ1) is 12.5. The number of hydrogen-bond acceptors (Lipinski definition) is 4. The van der Waals surface area contributed by atoms with Crippen molar-refractivity contribution in [3.8, 4) is 0 Å². The van der Waals surface area contributed by atoms with Gasteiger partial charge in [0.2, 0.25) is 0 Å². The second-order valence-corrected chi connectivity index (χ2v) is 7.94. The second-order valence-electron chi connectivity index (χ2n) is 6.94. The van der Waals surface area contributed by atoms with Gasteiger partial charge < -0.3 is 10.2 Å². The van der Waals surface area contributed by atoms with Crippen LogP contribution < -0.4 is 10.2 Å². The van der Waals surface area contributed by atoms with Crippen LogP contribution in [0.25, 0.3) is 0 Å². The molecule has 2 aromatic rings. The summed E-state index contributed by atoms with van der Waals surface area (Å²) in [5.74, 6) is 0.730. The smallest absolute Gasteiger partial charge is 0.318 e. The molecule has 0 spiro atoms. The highest BCUT2D eigenvalue weighted by atomic mass is 32.1. The summed E-state index contributed by atoms with van der Waals surface area (Å²) in [6.45, 7) is 3.89. The van der Waals surface area contributed by atoms with Gasteiger partial charge >= 0.3 is 6.03 Å². The van der Waals surface area contributed by atoms with Gasteiger partial charge in [0.15, 0.2) is 0 Å². The van der Waals surface area contributed by atoms with Crippen molar-refractivity contribution < 1.29 is 9.59 Å². The molecular weight excluding hydrogens is 350 g/mol. The van der Waals surface area contributed by atoms with Crippen molar-refractivity contribution >= 4 is 29.1 Å². The Hall–Kier alpha value is -2.35. The Kier molecular flexibility index (Phi) is 4.44. The van der Waals surface area contributed by atoms with Gasteiger partial charge in [-0.1, -0.05) is 0 Å². The quantitative estimate of drug-likeness (QED) is 0.876. The number of carbonyl (C=O) groups is 2. The van der Waals surface area contributed by atoms with Gasteiger partial charge in [-0.05, 0) is 43.2 Å². The maximum Gasteiger partial charge on any atom is 0.318 e. The molecule has 0 saturated carbocycles. The fourth-order valence-corrected chi connectivity index (χ4v) is 4.64. The van der Waals surface area contributed by atoms with E-state index >= 15 is 0 Å². The molecule has 1 atom stereocenters. The number of aryl methyl sites for hydroxylation is 2. The molecule has 1 unspecified atom stereocenters. The minimum atomic E-state index is -0.477. The number of fused-ring (bicyclic) bond motifs is 1. The van der Waals surface area contributed by atoms with Crippen LogP contribution in [-0.2, 0) is 24.8 Å². The highest BCUT2D eigenvalue weighted by Gasteiger charge is 2.33. The monoisotopic (exact) mass is 373 g/mol. The number of carbonyl (C=O) groups excluding carboxylic acids is 2. The van der Waals surface area contributed by atoms with Crippen LogP contribution in [0.4, 0.5) is 10.6 Å². The third-order valence-corrected chi connectivity index (χ3v) is 6.11. The van der Waals surface area contributed by atoms with Gasteiger partial charge in [-0.2, -0.15) is 5.10 Å². The van der Waals surface area contributed by atoms with E-state index in [1.54, 1.807) is 25.8 Å². The molecule has 7 nitrogen and oxygen atoms in total. The SMILES string of the molecule is Cc1cc(N2CCCC(NC(=O)N3CCc4sccc4C3)C2=O)n(C)n1. The molecule has 4 heterocycles. The molecule has 1 N–H and O–H groups in total. The summed E-state index contributed by atoms with van der Waals surface area (Å²) >= 11 is 1.75. The van der Waals surface area contributed by atoms with E-state index in [1.165, 1.54) is 10.4 Å². The average Bonchev–Trinajstić information content (AvgIpc) is 3.21. The summed E-state index contributed by atoms with van der Waals surface area (Å²) in [6, 6.07) is 3.36. The number of anilines is 1. The summed E-state index contributed by atoms with van der Waals surface area (Å²) in [7, 11) is 1.84. The van der Waals surface area contributed by atoms with E-state index in [0.29, 0.717) is 26.1 Å². The number of urea groups is 1. The molecular formula is C18H23N5O2S. The summed E-state index contributed by atoms with van der Waals surface area (Å²) in [6.07, 6.45) is 2.42. The lowest BCUT2D eigenvalue weighted by atomic mass is 10.0. The van der Waals surface area contributed by atoms with Crippen LogP contribution in [0, 0.1) is 6.92 Å². The second kappa shape index (κ2) is 6.75. The van der Waals surface area contributed by atoms with E-state index in [2.05, 4.69) is 21.9 Å². The molecule has 0 radical (unpaired) electrons. The van der Waals surface area contributed by atoms with Crippen LogP contribution >= 0.6 is 11.3 Å². The van der Waals surface area contributed by atoms with E-state index in [1.807, 2.05) is 20.0 Å². The standard InChI is InChI=1S/C18H23N5O2S/c1-12-10-16(21(2)20-12)23-7-3-4-14(17(23)24)19-18(25)22-8-5-15-13(11-22)6-9-26-15/h6,9-10,14H,3-5,7-8,11H2,1-2H3,(H,19,25). The molecule has 4 rings (SSSR count). The predicted octanol–water partition coefficient (Wildman–Crippen LogP) is 2.05. The van der Waals surface area contributed by atoms with Crippen LogP contribution in [0.2, 0.25) is 0 Å². The van der Waals surface area contributed by atoms with Gasteiger partial charge in [0.25, 0.3) is 5.91 Å². The van der Waals surface area contributed by atoms with Crippen LogP contribution in [0.3, 0.4) is 0 Å². The number of aromatic nitrogens is 2. The van der Waals surface area contributed by atoms with Crippen LogP contribution in [0.1, 0.15) is 29.0 Å². The first kappa shape index (κ1) is 17.1. The Morgan fingerprint density at radius 1 is 1.38 bits per heavy atom. The zero-order valence-electron chi connectivity index (χ0n) is 15.1. The minimum absolute atomic E-state index is 0.0548. The van der Waals surface area contributed by atoms with Crippen molar-refractivity contribution in [1.29, 1.82) is 0 Å². The summed E-state index contributed by atoms with van der Waals surface area (Å²) in [4.78, 5) is 30.5. The lowest BCUT2D eigenvalue weighted by Crippen LogP contribution is -2.55. The van der Waals surface area contributed by atoms with E-state index in [9.17, 15) is 9.59 Å². The number of rotatable bonds is 2. The number of nitrogens with zero attached hydrogens (tertiary/aromatic N) is 4. The first-order valence-corrected chi connectivity index (χ1v) is 9.83. The molecule has 3 amide bonds. The Bertz CT molecular complexity index is 843. The lowest BCUT2D eigenvalue weighted by molar-refractivity contribution is -0.121. The topological polar surface area (TPSA) is 70.5 Å². The fourth-order valence-electron chi connectivity index (χ4n) is 3.75. The van der Waals surface area contributed by atoms with Crippen molar-refractivity contribution in [3.05, 3.63) is 33.6 Å². The highest BCUT2D eigenvalue weighted by molar-refractivity contribution is 7.10. The number of thiophene rings is 1. The fraction of sp³-hybridized carbons (Fsp3) is 0.500. The summed E-state index contributed by atoms with van der Waals surface area (Å²) in [5.41, 5.74) is 2.10. The molecule has 0 aliphatic carbocycles. The first-order valence-electron chi connectivity index (χ1n) is 8.95. The van der Waals surface area contributed by atoms with Gasteiger partial charge in [-0.3, -0.25) is 14.4 Å². The summed E-state index contributed by atoms with van der Waals surface area (Å²) < 4.78 is 1.72. The maximum atomic E-state index is 12.9. The Morgan fingerprint density at radius 2 is 2.23 bits per heavy atom. The number of piperidine rings is 1. The van der Waals surface area contributed by atoms with Crippen LogP contribution in [0.5, 0.6) is 0 Å². The normalized spacial score (nSPS) is 20.2. The van der Waals surface area contributed by atoms with Gasteiger partial charge in [0.05, 0.1) is 5.69 Å². The predicted molar refractivity (Wildman–Crippen MR) is 100 cm³/mol. The Morgan fingerprint density at radius 3 is 3.00 bits per heavy atom. The van der Waals surface area contributed by atoms with Crippen molar-refractivity contribution in [2.24, 2.45) is 7.05 Å². The number of hydrogen-bond donors (Lipinski definition) is 1. The van der Waals surface area contributed by atoms with Crippen LogP contribution in [0.15, 0.2) is 17.5 Å². The molecule has 0 bridgehead atoms. The van der Waals surface area contributed by atoms with Crippen molar-refractivity contribution in [2.45, 2.75) is 38.8 Å². The van der Waals surface area contributed by atoms with E-state index in [-0.39, 0.29) is 11.9 Å². The van der Waals surface area contributed by atoms with Crippen LogP contribution in [-0.4, -0.2) is 45.8 Å². The zero-order chi connectivity index (χ0) is 18.3. The Balaban J connectivity index is 1.44. The van der Waals surface area contributed by atoms with Gasteiger partial charge in [-0.15, -0.1) is 11.3 Å². The minimum Gasteiger partial charge on any atom is -0.326 e. The van der Waals surface area contributed by atoms with E-state index in [4.69, 9.17) is 0 Å². The van der Waals surface area contributed by atoms with E-state index in [0.717, 1.165) is 24.4 Å². The molecule has 26 heavy (non-hydrogen) atoms. The number of nitrogens with one attached hydrogen (secondary N) is 1. The molecule has 2 aromatic heterocycles. The van der Waals surface area contributed by atoms with Crippen molar-refractivity contribution in [1.82, 2.24) is 20.0 Å². The molecule has 1 fully saturated rings. The molecule has 1 saturated heterocycles. The van der Waals surface area contributed by atoms with Gasteiger partial charge in [-0.25, -0.2) is 4.79 Å². The van der Waals surface area contributed by atoms with Crippen molar-refractivity contribution in [3.63, 3.8) is 0 Å². The third-order valence-electron chi connectivity index (χ3n) is 5.09. The maximum absolute atomic E-state index is 12.9. The molecule has 0 aromatic carbocycles. The molecule has 2 aliphatic heterocycles. The highest BCUT2D eigenvalue weighted by Crippen LogP contribution is 2.25. The van der Waals surface area contributed by atoms with Crippen molar-refractivity contribution in [2.75, 3.05) is 18.0 Å². The van der Waals surface area contributed by atoms with Gasteiger partial charge in [0.1, 0.15) is 11.9 Å². The zero-order valence-corrected chi connectivity index (χ0v) is 15.9. The summed E-state index contributed by atoms with van der Waals surface area (Å²) in [5, 5.41) is 9.36. The lowest BCUT2D eigenvalue weighted by Gasteiger charge is -2.34. The largest absolute Gasteiger partial charge is 0.326 e. The molecule has 8 heteroatoms. The van der Waals surface area contributed by atoms with E-state index < -0.39 is 6.04 Å². The average molecular weight is 373 g/mol. The molecule has 138 valence electrons. The third kappa shape index (κ3) is 3.09. The number of amides is 3. The van der Waals surface area contributed by atoms with Gasteiger partial charge in [0, 0.05) is 37.6 Å². The Labute approximate surface area is 156 Å².